The highest BCUT2D eigenvalue weighted by atomic mass is 16.5. The number of hydrogen-bond donors (Lipinski definition) is 2. The van der Waals surface area contributed by atoms with Gasteiger partial charge in [0.1, 0.15) is 11.6 Å². The molecule has 2 N–H and O–H groups in total. The molecular formula is C20H22N4O2. The fraction of sp³-hybridized carbons (Fsp3) is 0.300. The zero-order chi connectivity index (χ0) is 18.3. The molecule has 0 bridgehead atoms. The van der Waals surface area contributed by atoms with Gasteiger partial charge in [-0.05, 0) is 45.0 Å². The molecule has 6 heteroatoms. The van der Waals surface area contributed by atoms with Gasteiger partial charge >= 0.3 is 0 Å². The van der Waals surface area contributed by atoms with E-state index in [0.29, 0.717) is 12.2 Å². The molecule has 2 aromatic heterocycles. The van der Waals surface area contributed by atoms with Crippen LogP contribution in [0.3, 0.4) is 0 Å². The molecule has 6 nitrogen and oxygen atoms in total. The van der Waals surface area contributed by atoms with Crippen molar-refractivity contribution in [2.24, 2.45) is 0 Å². The topological polar surface area (TPSA) is 71.9 Å². The average Bonchev–Trinajstić information content (AvgIpc) is 3.23. The van der Waals surface area contributed by atoms with Crippen LogP contribution in [0.1, 0.15) is 36.8 Å². The zero-order valence-corrected chi connectivity index (χ0v) is 15.2. The molecule has 3 heterocycles. The number of hydrogen-bond acceptors (Lipinski definition) is 3. The number of benzene rings is 1. The summed E-state index contributed by atoms with van der Waals surface area (Å²) in [5.74, 6) is 1.46. The van der Waals surface area contributed by atoms with Crippen molar-refractivity contribution >= 4 is 11.6 Å². The minimum Gasteiger partial charge on any atom is -0.494 e. The van der Waals surface area contributed by atoms with Crippen molar-refractivity contribution in [2.75, 3.05) is 11.9 Å². The fourth-order valence-corrected chi connectivity index (χ4v) is 3.53. The summed E-state index contributed by atoms with van der Waals surface area (Å²) in [6.07, 6.45) is 6.35. The highest BCUT2D eigenvalue weighted by molar-refractivity contribution is 6.08. The molecule has 0 fully saturated rings. The lowest BCUT2D eigenvalue weighted by molar-refractivity contribution is 0.102. The van der Waals surface area contributed by atoms with Crippen molar-refractivity contribution in [1.29, 1.82) is 0 Å². The molecule has 4 rings (SSSR count). The van der Waals surface area contributed by atoms with E-state index in [2.05, 4.69) is 33.7 Å². The number of imidazole rings is 1. The molecule has 0 unspecified atom stereocenters. The van der Waals surface area contributed by atoms with E-state index in [4.69, 9.17) is 4.74 Å². The molecule has 1 aliphatic heterocycles. The molecule has 0 radical (unpaired) electrons. The number of nitrogens with one attached hydrogen (secondary N) is 2. The van der Waals surface area contributed by atoms with Gasteiger partial charge in [0.2, 0.25) is 0 Å². The minimum absolute atomic E-state index is 0.0768. The normalized spacial score (nSPS) is 14.4. The largest absolute Gasteiger partial charge is 0.494 e. The molecular weight excluding hydrogens is 328 g/mol. The van der Waals surface area contributed by atoms with Crippen molar-refractivity contribution in [3.8, 4) is 17.1 Å². The van der Waals surface area contributed by atoms with Gasteiger partial charge in [0.25, 0.3) is 5.91 Å². The fourth-order valence-electron chi connectivity index (χ4n) is 3.53. The van der Waals surface area contributed by atoms with Gasteiger partial charge in [-0.3, -0.25) is 4.79 Å². The Balaban J connectivity index is 1.63. The van der Waals surface area contributed by atoms with E-state index in [1.165, 1.54) is 0 Å². The molecule has 134 valence electrons. The highest BCUT2D eigenvalue weighted by Gasteiger charge is 2.34. The van der Waals surface area contributed by atoms with Gasteiger partial charge in [0, 0.05) is 41.9 Å². The van der Waals surface area contributed by atoms with Crippen LogP contribution in [0.15, 0.2) is 42.9 Å². The number of amides is 1. The Morgan fingerprint density at radius 2 is 2.12 bits per heavy atom. The maximum Gasteiger partial charge on any atom is 0.257 e. The number of aromatic nitrogens is 3. The standard InChI is InChI=1S/C20H22N4O2/c1-4-26-14-7-5-13(6-8-14)23-19(25)15-12-22-16-11-20(2,3)24-10-9-21-18(24)17(15)16/h5-10,12,22H,4,11H2,1-3H3,(H,23,25). The number of fused-ring (bicyclic) bond motifs is 3. The van der Waals surface area contributed by atoms with Gasteiger partial charge < -0.3 is 19.6 Å². The number of carbonyl (C=O) groups is 1. The summed E-state index contributed by atoms with van der Waals surface area (Å²) in [6, 6.07) is 7.37. The minimum atomic E-state index is -0.152. The van der Waals surface area contributed by atoms with Crippen LogP contribution in [0, 0.1) is 0 Å². The Bertz CT molecular complexity index is 951. The van der Waals surface area contributed by atoms with Crippen molar-refractivity contribution < 1.29 is 9.53 Å². The Labute approximate surface area is 152 Å². The smallest absolute Gasteiger partial charge is 0.257 e. The van der Waals surface area contributed by atoms with Crippen molar-refractivity contribution in [3.63, 3.8) is 0 Å². The van der Waals surface area contributed by atoms with E-state index in [1.807, 2.05) is 37.4 Å². The Kier molecular flexibility index (Phi) is 3.83. The first-order valence-electron chi connectivity index (χ1n) is 8.78. The first-order chi connectivity index (χ1) is 12.5. The van der Waals surface area contributed by atoms with Crippen LogP contribution in [0.2, 0.25) is 0 Å². The molecule has 1 amide bonds. The number of carbonyl (C=O) groups excluding carboxylic acids is 1. The van der Waals surface area contributed by atoms with E-state index in [0.717, 1.165) is 34.9 Å². The molecule has 3 aromatic rings. The van der Waals surface area contributed by atoms with Crippen LogP contribution in [0.4, 0.5) is 5.69 Å². The van der Waals surface area contributed by atoms with E-state index in [1.54, 1.807) is 12.4 Å². The SMILES string of the molecule is CCOc1ccc(NC(=O)c2c[nH]c3c2-c2nccn2C(C)(C)C3)cc1. The Hall–Kier alpha value is -3.02. The van der Waals surface area contributed by atoms with Crippen LogP contribution in [-0.2, 0) is 12.0 Å². The third-order valence-corrected chi connectivity index (χ3v) is 4.76. The molecule has 0 saturated heterocycles. The maximum absolute atomic E-state index is 12.9. The second-order valence-corrected chi connectivity index (χ2v) is 7.08. The summed E-state index contributed by atoms with van der Waals surface area (Å²) >= 11 is 0. The average molecular weight is 350 g/mol. The highest BCUT2D eigenvalue weighted by Crippen LogP contribution is 2.38. The van der Waals surface area contributed by atoms with E-state index in [9.17, 15) is 4.79 Å². The molecule has 0 aliphatic carbocycles. The molecule has 0 atom stereocenters. The predicted molar refractivity (Wildman–Crippen MR) is 101 cm³/mol. The van der Waals surface area contributed by atoms with Crippen LogP contribution in [0.25, 0.3) is 11.4 Å². The predicted octanol–water partition coefficient (Wildman–Crippen LogP) is 3.82. The number of aromatic amines is 1. The first kappa shape index (κ1) is 16.4. The third-order valence-electron chi connectivity index (χ3n) is 4.76. The summed E-state index contributed by atoms with van der Waals surface area (Å²) in [6.45, 7) is 6.89. The summed E-state index contributed by atoms with van der Waals surface area (Å²) < 4.78 is 7.57. The van der Waals surface area contributed by atoms with Gasteiger partial charge in [-0.2, -0.15) is 0 Å². The van der Waals surface area contributed by atoms with Gasteiger partial charge in [0.05, 0.1) is 17.7 Å². The van der Waals surface area contributed by atoms with E-state index in [-0.39, 0.29) is 11.4 Å². The number of rotatable bonds is 4. The molecule has 1 aromatic carbocycles. The lowest BCUT2D eigenvalue weighted by atomic mass is 9.90. The summed E-state index contributed by atoms with van der Waals surface area (Å²) in [5, 5.41) is 2.96. The van der Waals surface area contributed by atoms with Gasteiger partial charge in [0.15, 0.2) is 0 Å². The third kappa shape index (κ3) is 2.67. The molecule has 0 saturated carbocycles. The second-order valence-electron chi connectivity index (χ2n) is 7.08. The summed E-state index contributed by atoms with van der Waals surface area (Å²) in [5.41, 5.74) is 3.19. The van der Waals surface area contributed by atoms with E-state index >= 15 is 0 Å². The molecule has 1 aliphatic rings. The van der Waals surface area contributed by atoms with Crippen molar-refractivity contribution in [2.45, 2.75) is 32.7 Å². The quantitative estimate of drug-likeness (QED) is 0.751. The Morgan fingerprint density at radius 1 is 1.35 bits per heavy atom. The van der Waals surface area contributed by atoms with Crippen LogP contribution in [-0.4, -0.2) is 27.0 Å². The first-order valence-corrected chi connectivity index (χ1v) is 8.78. The number of nitrogens with zero attached hydrogens (tertiary/aromatic N) is 2. The number of H-pyrrole nitrogens is 1. The van der Waals surface area contributed by atoms with Crippen molar-refractivity contribution in [1.82, 2.24) is 14.5 Å². The van der Waals surface area contributed by atoms with E-state index < -0.39 is 0 Å². The summed E-state index contributed by atoms with van der Waals surface area (Å²) in [4.78, 5) is 20.6. The zero-order valence-electron chi connectivity index (χ0n) is 15.2. The van der Waals surface area contributed by atoms with Crippen LogP contribution in [0.5, 0.6) is 5.75 Å². The van der Waals surface area contributed by atoms with Gasteiger partial charge in [-0.25, -0.2) is 4.98 Å². The maximum atomic E-state index is 12.9. The number of anilines is 1. The molecule has 0 spiro atoms. The van der Waals surface area contributed by atoms with Gasteiger partial charge in [-0.15, -0.1) is 0 Å². The Morgan fingerprint density at radius 3 is 2.85 bits per heavy atom. The van der Waals surface area contributed by atoms with Crippen LogP contribution >= 0.6 is 0 Å². The lowest BCUT2D eigenvalue weighted by Gasteiger charge is -2.32. The second kappa shape index (κ2) is 6.05. The van der Waals surface area contributed by atoms with Crippen LogP contribution < -0.4 is 10.1 Å². The number of ether oxygens (including phenoxy) is 1. The van der Waals surface area contributed by atoms with Gasteiger partial charge in [-0.1, -0.05) is 0 Å². The lowest BCUT2D eigenvalue weighted by Crippen LogP contribution is -2.33. The summed E-state index contributed by atoms with van der Waals surface area (Å²) in [7, 11) is 0. The molecule has 26 heavy (non-hydrogen) atoms. The monoisotopic (exact) mass is 350 g/mol. The van der Waals surface area contributed by atoms with Crippen molar-refractivity contribution in [3.05, 3.63) is 54.1 Å².